The molecule has 0 aliphatic carbocycles. The van der Waals surface area contributed by atoms with Crippen LogP contribution in [0, 0.1) is 6.92 Å². The van der Waals surface area contributed by atoms with E-state index in [1.807, 2.05) is 0 Å². The summed E-state index contributed by atoms with van der Waals surface area (Å²) in [6, 6.07) is 0. The fraction of sp³-hybridized carbons (Fsp3) is 0.400. The van der Waals surface area contributed by atoms with Gasteiger partial charge in [0, 0.05) is 11.9 Å². The summed E-state index contributed by atoms with van der Waals surface area (Å²) in [7, 11) is 0. The molecule has 0 aliphatic rings. The van der Waals surface area contributed by atoms with E-state index in [4.69, 9.17) is 0 Å². The van der Waals surface area contributed by atoms with Crippen molar-refractivity contribution in [2.24, 2.45) is 0 Å². The molecule has 15 heavy (non-hydrogen) atoms. The first-order valence-electron chi connectivity index (χ1n) is 3.45. The molecule has 1 aromatic rings. The maximum atomic E-state index is 12.1. The fourth-order valence-corrected chi connectivity index (χ4v) is 0.999. The van der Waals surface area contributed by atoms with E-state index < -0.39 is 29.1 Å². The average molecular weight is 256 g/mol. The smallest absolute Gasteiger partial charge is 0.445 e. The SMILES string of the molecule is Cc1c([B-](F)(F)F)cnn1C(F)(F)F.[K+]. The molecular formula is C5H4BF6KN2. The molecule has 0 fully saturated rings. The van der Waals surface area contributed by atoms with E-state index in [-0.39, 0.29) is 57.6 Å². The normalized spacial score (nSPS) is 12.5. The van der Waals surface area contributed by atoms with Crippen LogP contribution in [0.3, 0.4) is 0 Å². The van der Waals surface area contributed by atoms with Crippen molar-refractivity contribution >= 4 is 12.4 Å². The number of hydrogen-bond donors (Lipinski definition) is 0. The molecule has 80 valence electrons. The van der Waals surface area contributed by atoms with E-state index in [0.717, 1.165) is 6.92 Å². The van der Waals surface area contributed by atoms with Crippen LogP contribution in [0.25, 0.3) is 0 Å². The molecule has 0 radical (unpaired) electrons. The Morgan fingerprint density at radius 3 is 1.93 bits per heavy atom. The first-order valence-corrected chi connectivity index (χ1v) is 3.45. The van der Waals surface area contributed by atoms with Crippen molar-refractivity contribution in [2.45, 2.75) is 13.2 Å². The van der Waals surface area contributed by atoms with Crippen LogP contribution in [0.4, 0.5) is 26.1 Å². The molecule has 0 aromatic carbocycles. The second-order valence-corrected chi connectivity index (χ2v) is 2.64. The van der Waals surface area contributed by atoms with Gasteiger partial charge in [0.15, 0.2) is 0 Å². The van der Waals surface area contributed by atoms with E-state index in [0.29, 0.717) is 0 Å². The minimum atomic E-state index is -5.45. The van der Waals surface area contributed by atoms with Gasteiger partial charge in [-0.3, -0.25) is 0 Å². The fourth-order valence-electron chi connectivity index (χ4n) is 0.999. The Bertz CT molecular complexity index is 311. The number of nitrogens with zero attached hydrogens (tertiary/aromatic N) is 2. The van der Waals surface area contributed by atoms with Crippen molar-refractivity contribution in [2.75, 3.05) is 0 Å². The van der Waals surface area contributed by atoms with Crippen LogP contribution in [0.2, 0.25) is 0 Å². The quantitative estimate of drug-likeness (QED) is 0.452. The Morgan fingerprint density at radius 1 is 1.27 bits per heavy atom. The monoisotopic (exact) mass is 256 g/mol. The number of alkyl halides is 3. The molecule has 1 aromatic heterocycles. The van der Waals surface area contributed by atoms with Gasteiger partial charge in [-0.2, -0.15) is 9.78 Å². The zero-order chi connectivity index (χ0) is 11.1. The minimum absolute atomic E-state index is 0. The van der Waals surface area contributed by atoms with Gasteiger partial charge in [-0.25, -0.2) is 0 Å². The van der Waals surface area contributed by atoms with Gasteiger partial charge in [0.05, 0.1) is 0 Å². The summed E-state index contributed by atoms with van der Waals surface area (Å²) in [5.74, 6) is 0. The maximum absolute atomic E-state index is 12.1. The predicted molar refractivity (Wildman–Crippen MR) is 37.0 cm³/mol. The molecule has 0 spiro atoms. The Labute approximate surface area is 123 Å². The summed E-state index contributed by atoms with van der Waals surface area (Å²) in [5, 5.41) is 2.64. The molecule has 0 saturated carbocycles. The third-order valence-electron chi connectivity index (χ3n) is 1.64. The van der Waals surface area contributed by atoms with Crippen molar-refractivity contribution in [3.63, 3.8) is 0 Å². The molecule has 2 nitrogen and oxygen atoms in total. The van der Waals surface area contributed by atoms with E-state index in [1.54, 1.807) is 0 Å². The molecule has 0 unspecified atom stereocenters. The number of halogens is 6. The first-order chi connectivity index (χ1) is 6.14. The zero-order valence-electron chi connectivity index (χ0n) is 7.82. The van der Waals surface area contributed by atoms with Crippen LogP contribution in [-0.2, 0) is 6.30 Å². The molecule has 1 heterocycles. The molecular weight excluding hydrogens is 252 g/mol. The van der Waals surface area contributed by atoms with Crippen molar-refractivity contribution in [1.82, 2.24) is 9.78 Å². The molecule has 0 amide bonds. The second-order valence-electron chi connectivity index (χ2n) is 2.64. The van der Waals surface area contributed by atoms with Gasteiger partial charge in [-0.1, -0.05) is 5.46 Å². The van der Waals surface area contributed by atoms with E-state index in [9.17, 15) is 26.1 Å². The van der Waals surface area contributed by atoms with Crippen LogP contribution in [0.5, 0.6) is 0 Å². The number of rotatable bonds is 1. The van der Waals surface area contributed by atoms with Crippen molar-refractivity contribution in [3.05, 3.63) is 11.9 Å². The first kappa shape index (κ1) is 15.5. The third kappa shape index (κ3) is 3.48. The van der Waals surface area contributed by atoms with Crippen molar-refractivity contribution in [1.29, 1.82) is 0 Å². The molecule has 10 heteroatoms. The Morgan fingerprint density at radius 2 is 1.73 bits per heavy atom. The van der Waals surface area contributed by atoms with Crippen LogP contribution in [0.15, 0.2) is 6.20 Å². The summed E-state index contributed by atoms with van der Waals surface area (Å²) in [4.78, 5) is 0. The van der Waals surface area contributed by atoms with Crippen molar-refractivity contribution < 1.29 is 77.5 Å². The molecule has 1 rings (SSSR count). The van der Waals surface area contributed by atoms with E-state index in [1.165, 1.54) is 0 Å². The van der Waals surface area contributed by atoms with Gasteiger partial charge in [-0.15, -0.1) is 13.2 Å². The largest absolute Gasteiger partial charge is 1.00 e. The maximum Gasteiger partial charge on any atom is 1.00 e. The van der Waals surface area contributed by atoms with Crippen LogP contribution < -0.4 is 56.8 Å². The van der Waals surface area contributed by atoms with Gasteiger partial charge in [-0.05, 0) is 6.92 Å². The average Bonchev–Trinajstić information content (AvgIpc) is 2.26. The van der Waals surface area contributed by atoms with Crippen LogP contribution >= 0.6 is 0 Å². The summed E-state index contributed by atoms with van der Waals surface area (Å²) >= 11 is 0. The Hall–Kier alpha value is 0.491. The minimum Gasteiger partial charge on any atom is -0.445 e. The summed E-state index contributed by atoms with van der Waals surface area (Å²) in [5.41, 5.74) is -2.26. The summed E-state index contributed by atoms with van der Waals surface area (Å²) in [6.45, 7) is -4.72. The van der Waals surface area contributed by atoms with Gasteiger partial charge in [0.25, 0.3) is 0 Å². The zero-order valence-corrected chi connectivity index (χ0v) is 10.9. The molecule has 0 N–H and O–H groups in total. The number of aromatic nitrogens is 2. The summed E-state index contributed by atoms with van der Waals surface area (Å²) < 4.78 is 71.6. The Balaban J connectivity index is 0.00000196. The topological polar surface area (TPSA) is 17.8 Å². The third-order valence-corrected chi connectivity index (χ3v) is 1.64. The van der Waals surface area contributed by atoms with E-state index in [2.05, 4.69) is 5.10 Å². The van der Waals surface area contributed by atoms with E-state index >= 15 is 0 Å². The molecule has 0 bridgehead atoms. The van der Waals surface area contributed by atoms with Crippen LogP contribution in [0.1, 0.15) is 5.69 Å². The molecule has 0 atom stereocenters. The van der Waals surface area contributed by atoms with Gasteiger partial charge < -0.3 is 12.9 Å². The summed E-state index contributed by atoms with van der Waals surface area (Å²) in [6.07, 6.45) is -4.73. The van der Waals surface area contributed by atoms with Crippen LogP contribution in [-0.4, -0.2) is 16.8 Å². The van der Waals surface area contributed by atoms with Crippen molar-refractivity contribution in [3.8, 4) is 0 Å². The predicted octanol–water partition coefficient (Wildman–Crippen LogP) is -1.27. The Kier molecular flexibility index (Phi) is 4.94. The van der Waals surface area contributed by atoms with Gasteiger partial charge >= 0.3 is 64.7 Å². The molecule has 0 aliphatic heterocycles. The van der Waals surface area contributed by atoms with Gasteiger partial charge in [0.1, 0.15) is 0 Å². The molecule has 0 saturated heterocycles. The number of hydrogen-bond acceptors (Lipinski definition) is 1. The van der Waals surface area contributed by atoms with Gasteiger partial charge in [0.2, 0.25) is 0 Å². The standard InChI is InChI=1S/C5H4BF6N2.K/c1-3-4(6(10,11)12)2-13-14(3)5(7,8)9;/h2H,1H3;/q-1;+1. The second kappa shape index (κ2) is 4.78.